The Hall–Kier alpha value is -3.61. The number of halogens is 4. The lowest BCUT2D eigenvalue weighted by Crippen LogP contribution is -2.41. The average molecular weight is 709 g/mol. The smallest absolute Gasteiger partial charge is 0.387 e. The minimum atomic E-state index is -3.06. The number of carbonyl (C=O) groups excluding carboxylic acids is 3. The van der Waals surface area contributed by atoms with Crippen molar-refractivity contribution in [1.29, 1.82) is 0 Å². The summed E-state index contributed by atoms with van der Waals surface area (Å²) in [7, 11) is 3.30. The van der Waals surface area contributed by atoms with Crippen molar-refractivity contribution in [2.75, 3.05) is 33.0 Å². The van der Waals surface area contributed by atoms with Gasteiger partial charge in [0.1, 0.15) is 6.10 Å². The molecule has 5 rings (SSSR count). The van der Waals surface area contributed by atoms with Gasteiger partial charge in [0.25, 0.3) is 5.91 Å². The summed E-state index contributed by atoms with van der Waals surface area (Å²) in [6.45, 7) is -2.41. The second-order valence-electron chi connectivity index (χ2n) is 11.4. The third kappa shape index (κ3) is 9.05. The van der Waals surface area contributed by atoms with E-state index in [1.54, 1.807) is 38.4 Å². The van der Waals surface area contributed by atoms with Crippen LogP contribution in [0.25, 0.3) is 0 Å². The van der Waals surface area contributed by atoms with Crippen LogP contribution in [-0.2, 0) is 27.2 Å². The molecule has 250 valence electrons. The molecule has 1 aliphatic heterocycles. The molecule has 3 aromatic rings. The molecule has 2 aliphatic rings. The number of thioether (sulfide) groups is 1. The number of hydrogen-bond donors (Lipinski definition) is 0. The number of alkyl halides is 2. The van der Waals surface area contributed by atoms with Crippen LogP contribution in [0.15, 0.2) is 54.9 Å². The van der Waals surface area contributed by atoms with E-state index in [2.05, 4.69) is 9.72 Å². The van der Waals surface area contributed by atoms with E-state index < -0.39 is 24.1 Å². The normalized spacial score (nSPS) is 16.6. The molecule has 14 heteroatoms. The van der Waals surface area contributed by atoms with E-state index in [-0.39, 0.29) is 46.2 Å². The van der Waals surface area contributed by atoms with Crippen LogP contribution in [0.4, 0.5) is 8.78 Å². The summed E-state index contributed by atoms with van der Waals surface area (Å²) in [4.78, 5) is 46.6. The zero-order chi connectivity index (χ0) is 33.7. The molecule has 1 aliphatic carbocycles. The molecule has 2 aromatic carbocycles. The molecule has 9 nitrogen and oxygen atoms in total. The van der Waals surface area contributed by atoms with E-state index in [9.17, 15) is 23.2 Å². The van der Waals surface area contributed by atoms with Gasteiger partial charge in [0.2, 0.25) is 5.91 Å². The number of aromatic nitrogens is 1. The van der Waals surface area contributed by atoms with Crippen LogP contribution in [0.1, 0.15) is 46.0 Å². The number of benzene rings is 2. The highest BCUT2D eigenvalue weighted by atomic mass is 35.5. The Balaban J connectivity index is 1.38. The molecule has 1 unspecified atom stereocenters. The molecule has 0 spiro atoms. The van der Waals surface area contributed by atoms with E-state index in [4.69, 9.17) is 32.7 Å². The summed E-state index contributed by atoms with van der Waals surface area (Å²) < 4.78 is 43.0. The first-order valence-electron chi connectivity index (χ1n) is 14.9. The van der Waals surface area contributed by atoms with Gasteiger partial charge in [-0.25, -0.2) is 4.79 Å². The number of esters is 1. The summed E-state index contributed by atoms with van der Waals surface area (Å²) in [6.07, 6.45) is 3.82. The first-order valence-corrected chi connectivity index (χ1v) is 16.7. The molecule has 1 saturated heterocycles. The summed E-state index contributed by atoms with van der Waals surface area (Å²) in [5.74, 6) is -0.369. The molecular weight excluding hydrogens is 675 g/mol. The van der Waals surface area contributed by atoms with Crippen molar-refractivity contribution < 1.29 is 37.4 Å². The zero-order valence-electron chi connectivity index (χ0n) is 25.7. The van der Waals surface area contributed by atoms with Gasteiger partial charge in [0.05, 0.1) is 23.1 Å². The van der Waals surface area contributed by atoms with E-state index in [0.29, 0.717) is 47.1 Å². The summed E-state index contributed by atoms with van der Waals surface area (Å²) in [5, 5.41) is -0.432. The van der Waals surface area contributed by atoms with Crippen LogP contribution in [0.2, 0.25) is 10.0 Å². The maximum Gasteiger partial charge on any atom is 0.387 e. The van der Waals surface area contributed by atoms with Crippen LogP contribution in [0, 0.1) is 5.92 Å². The van der Waals surface area contributed by atoms with Gasteiger partial charge in [-0.2, -0.15) is 8.78 Å². The van der Waals surface area contributed by atoms with Gasteiger partial charge in [0.15, 0.2) is 16.9 Å². The van der Waals surface area contributed by atoms with Crippen LogP contribution >= 0.6 is 35.0 Å². The Kier molecular flexibility index (Phi) is 11.5. The predicted octanol–water partition coefficient (Wildman–Crippen LogP) is 6.45. The Morgan fingerprint density at radius 1 is 1.06 bits per heavy atom. The van der Waals surface area contributed by atoms with Crippen molar-refractivity contribution in [3.8, 4) is 11.5 Å². The maximum absolute atomic E-state index is 13.8. The number of ether oxygens (including phenoxy) is 3. The summed E-state index contributed by atoms with van der Waals surface area (Å²) in [5.41, 5.74) is 1.98. The SMILES string of the molecule is CN(C)C(=O)c1cccc(CC(=O)N2CCS[C@H]2C(=O)OC(Cc2c(Cl)cncc2Cl)c2ccc(OC(F)F)c(OCC3CC3)c2)c1. The predicted molar refractivity (Wildman–Crippen MR) is 174 cm³/mol. The minimum Gasteiger partial charge on any atom is -0.489 e. The second kappa shape index (κ2) is 15.5. The first kappa shape index (κ1) is 34.7. The maximum atomic E-state index is 13.8. The quantitative estimate of drug-likeness (QED) is 0.187. The second-order valence-corrected chi connectivity index (χ2v) is 13.4. The van der Waals surface area contributed by atoms with Crippen molar-refractivity contribution >= 4 is 52.7 Å². The van der Waals surface area contributed by atoms with Gasteiger partial charge in [-0.05, 0) is 59.7 Å². The standard InChI is InChI=1S/C33H33Cl2F2N3O6S/c1-39(2)30(42)22-5-3-4-20(12-22)13-29(41)40-10-11-47-31(40)32(43)45-27(15-23-24(34)16-38-17-25(23)35)21-8-9-26(46-33(36)37)28(14-21)44-18-19-6-7-19/h3-5,8-9,12,14,16-17,19,27,31,33H,6-7,10-11,13,15,18H2,1-2H3/t27?,31-/m0/s1. The number of amides is 2. The molecule has 2 fully saturated rings. The molecule has 0 N–H and O–H groups in total. The van der Waals surface area contributed by atoms with Gasteiger partial charge >= 0.3 is 12.6 Å². The molecule has 1 aromatic heterocycles. The fourth-order valence-corrected chi connectivity index (χ4v) is 6.68. The van der Waals surface area contributed by atoms with E-state index in [1.807, 2.05) is 0 Å². The highest BCUT2D eigenvalue weighted by molar-refractivity contribution is 8.00. The molecule has 2 atom stereocenters. The van der Waals surface area contributed by atoms with E-state index in [0.717, 1.165) is 12.8 Å². The number of carbonyl (C=O) groups is 3. The van der Waals surface area contributed by atoms with Gasteiger partial charge in [-0.3, -0.25) is 14.6 Å². The lowest BCUT2D eigenvalue weighted by atomic mass is 10.0. The van der Waals surface area contributed by atoms with Gasteiger partial charge in [-0.1, -0.05) is 41.4 Å². The monoisotopic (exact) mass is 707 g/mol. The third-order valence-electron chi connectivity index (χ3n) is 7.68. The fraction of sp³-hybridized carbons (Fsp3) is 0.394. The highest BCUT2D eigenvalue weighted by Gasteiger charge is 2.38. The van der Waals surface area contributed by atoms with Crippen molar-refractivity contribution in [2.45, 2.75) is 43.8 Å². The van der Waals surface area contributed by atoms with Gasteiger partial charge in [-0.15, -0.1) is 11.8 Å². The number of hydrogen-bond acceptors (Lipinski definition) is 8. The fourth-order valence-electron chi connectivity index (χ4n) is 5.04. The Morgan fingerprint density at radius 2 is 1.81 bits per heavy atom. The lowest BCUT2D eigenvalue weighted by Gasteiger charge is -2.26. The number of nitrogens with zero attached hydrogens (tertiary/aromatic N) is 3. The first-order chi connectivity index (χ1) is 22.5. The largest absolute Gasteiger partial charge is 0.489 e. The van der Waals surface area contributed by atoms with Crippen LogP contribution < -0.4 is 9.47 Å². The van der Waals surface area contributed by atoms with E-state index >= 15 is 0 Å². The molecule has 47 heavy (non-hydrogen) atoms. The Labute approximate surface area is 285 Å². The topological polar surface area (TPSA) is 98.3 Å². The molecule has 0 bridgehead atoms. The third-order valence-corrected chi connectivity index (χ3v) is 9.51. The van der Waals surface area contributed by atoms with Crippen LogP contribution in [-0.4, -0.2) is 77.6 Å². The van der Waals surface area contributed by atoms with Crippen LogP contribution in [0.5, 0.6) is 11.5 Å². The van der Waals surface area contributed by atoms with Crippen molar-refractivity contribution in [2.24, 2.45) is 5.92 Å². The Morgan fingerprint density at radius 3 is 2.49 bits per heavy atom. The Bertz CT molecular complexity index is 1610. The highest BCUT2D eigenvalue weighted by Crippen LogP contribution is 2.38. The molecule has 1 saturated carbocycles. The lowest BCUT2D eigenvalue weighted by molar-refractivity contribution is -0.155. The van der Waals surface area contributed by atoms with Crippen LogP contribution in [0.3, 0.4) is 0 Å². The molecule has 0 radical (unpaired) electrons. The van der Waals surface area contributed by atoms with Crippen molar-refractivity contribution in [3.05, 3.63) is 87.2 Å². The molecular formula is C33H33Cl2F2N3O6S. The molecule has 2 heterocycles. The summed E-state index contributed by atoms with van der Waals surface area (Å²) in [6, 6.07) is 11.2. The van der Waals surface area contributed by atoms with Gasteiger partial charge < -0.3 is 24.0 Å². The van der Waals surface area contributed by atoms with Crippen molar-refractivity contribution in [3.63, 3.8) is 0 Å². The van der Waals surface area contributed by atoms with Crippen molar-refractivity contribution in [1.82, 2.24) is 14.8 Å². The minimum absolute atomic E-state index is 0.0160. The molecule has 2 amide bonds. The average Bonchev–Trinajstić information content (AvgIpc) is 3.73. The zero-order valence-corrected chi connectivity index (χ0v) is 28.0. The number of rotatable bonds is 13. The summed E-state index contributed by atoms with van der Waals surface area (Å²) >= 11 is 14.1. The number of pyridine rings is 1. The van der Waals surface area contributed by atoms with E-state index in [1.165, 1.54) is 52.2 Å². The van der Waals surface area contributed by atoms with Gasteiger partial charge in [0, 0.05) is 50.8 Å².